The van der Waals surface area contributed by atoms with Crippen LogP contribution in [0.15, 0.2) is 109 Å². The van der Waals surface area contributed by atoms with Crippen LogP contribution >= 0.6 is 0 Å². The molecule has 2 heterocycles. The van der Waals surface area contributed by atoms with E-state index in [9.17, 15) is 0 Å². The van der Waals surface area contributed by atoms with E-state index < -0.39 is 0 Å². The molecule has 0 saturated carbocycles. The zero-order valence-electron chi connectivity index (χ0n) is 23.9. The number of imidazole rings is 1. The highest BCUT2D eigenvalue weighted by atomic mass is 14.9. The molecule has 0 bridgehead atoms. The minimum absolute atomic E-state index is 0.704. The van der Waals surface area contributed by atoms with Crippen molar-refractivity contribution in [3.63, 3.8) is 0 Å². The van der Waals surface area contributed by atoms with Crippen molar-refractivity contribution in [3.05, 3.63) is 126 Å². The summed E-state index contributed by atoms with van der Waals surface area (Å²) in [7, 11) is 0. The van der Waals surface area contributed by atoms with E-state index in [4.69, 9.17) is 15.7 Å². The molecule has 3 N–H and O–H groups in total. The van der Waals surface area contributed by atoms with Gasteiger partial charge in [0.25, 0.3) is 0 Å². The van der Waals surface area contributed by atoms with Gasteiger partial charge >= 0.3 is 0 Å². The summed E-state index contributed by atoms with van der Waals surface area (Å²) in [6.45, 7) is 1.99. The summed E-state index contributed by atoms with van der Waals surface area (Å²) in [4.78, 5) is 13.2. The van der Waals surface area contributed by atoms with Gasteiger partial charge < -0.3 is 10.7 Å². The number of pyridine rings is 1. The first-order valence-corrected chi connectivity index (χ1v) is 14.8. The molecular formula is C39H30N4. The van der Waals surface area contributed by atoms with E-state index in [1.54, 1.807) is 0 Å². The number of allylic oxidation sites excluding steroid dienone is 2. The Bertz CT molecular complexity index is 2250. The van der Waals surface area contributed by atoms with Crippen LogP contribution in [0, 0.1) is 0 Å². The van der Waals surface area contributed by atoms with Gasteiger partial charge in [-0.15, -0.1) is 0 Å². The van der Waals surface area contributed by atoms with Crippen molar-refractivity contribution in [2.75, 3.05) is 5.73 Å². The van der Waals surface area contributed by atoms with Crippen molar-refractivity contribution in [1.82, 2.24) is 15.0 Å². The largest absolute Gasteiger partial charge is 0.396 e. The lowest BCUT2D eigenvalue weighted by Crippen LogP contribution is -1.97. The van der Waals surface area contributed by atoms with Gasteiger partial charge in [0.1, 0.15) is 5.82 Å². The molecule has 5 aromatic carbocycles. The summed E-state index contributed by atoms with van der Waals surface area (Å²) in [5, 5.41) is 6.29. The third-order valence-corrected chi connectivity index (χ3v) is 8.64. The Labute approximate surface area is 250 Å². The first-order chi connectivity index (χ1) is 21.2. The number of aryl methyl sites for hydroxylation is 1. The number of hydrogen-bond donors (Lipinski definition) is 2. The molecule has 2 aromatic heterocycles. The number of nitrogen functional groups attached to an aromatic ring is 1. The van der Waals surface area contributed by atoms with Crippen LogP contribution in [0.5, 0.6) is 0 Å². The second kappa shape index (κ2) is 10.1. The smallest absolute Gasteiger partial charge is 0.137 e. The van der Waals surface area contributed by atoms with Gasteiger partial charge in [0.2, 0.25) is 0 Å². The Balaban J connectivity index is 1.13. The van der Waals surface area contributed by atoms with Crippen LogP contribution < -0.4 is 5.73 Å². The molecule has 4 heteroatoms. The summed E-state index contributed by atoms with van der Waals surface area (Å²) in [6.07, 6.45) is 12.7. The number of aromatic amines is 1. The zero-order chi connectivity index (χ0) is 28.9. The van der Waals surface area contributed by atoms with E-state index >= 15 is 0 Å². The molecule has 0 fully saturated rings. The van der Waals surface area contributed by atoms with E-state index in [0.717, 1.165) is 63.2 Å². The standard InChI is InChI=1S/C39H30N4/c1-2-7-25-14-15-26-19-21-35(42-38(26)37(25)40)24-12-16-27(17-13-24)39-41-23-36(43-39)28-18-20-33-31-10-4-3-8-29(31)30-9-5-6-11-32(30)34(33)22-28/h2,4-7,9-23H,3,8,40H2,1H3,(H,41,43)/b7-2-. The highest BCUT2D eigenvalue weighted by Gasteiger charge is 2.16. The molecule has 0 radical (unpaired) electrons. The highest BCUT2D eigenvalue weighted by Crippen LogP contribution is 2.38. The van der Waals surface area contributed by atoms with Crippen LogP contribution in [-0.4, -0.2) is 15.0 Å². The number of nitrogens with one attached hydrogen (secondary N) is 1. The van der Waals surface area contributed by atoms with E-state index in [2.05, 4.69) is 96.0 Å². The molecule has 0 atom stereocenters. The molecule has 1 aliphatic carbocycles. The minimum atomic E-state index is 0.704. The summed E-state index contributed by atoms with van der Waals surface area (Å²) >= 11 is 0. The Kier molecular flexibility index (Phi) is 5.93. The fraction of sp³-hybridized carbons (Fsp3) is 0.0769. The average Bonchev–Trinajstić information content (AvgIpc) is 3.57. The lowest BCUT2D eigenvalue weighted by Gasteiger charge is -2.18. The number of anilines is 1. The predicted octanol–water partition coefficient (Wildman–Crippen LogP) is 9.84. The van der Waals surface area contributed by atoms with Gasteiger partial charge in [-0.25, -0.2) is 9.97 Å². The predicted molar refractivity (Wildman–Crippen MR) is 182 cm³/mol. The van der Waals surface area contributed by atoms with Crippen LogP contribution in [0.1, 0.15) is 30.0 Å². The molecule has 8 rings (SSSR count). The lowest BCUT2D eigenvalue weighted by molar-refractivity contribution is 1.00. The quantitative estimate of drug-likeness (QED) is 0.168. The number of aromatic nitrogens is 3. The van der Waals surface area contributed by atoms with E-state index in [1.807, 2.05) is 37.4 Å². The Morgan fingerprint density at radius 3 is 2.44 bits per heavy atom. The van der Waals surface area contributed by atoms with Gasteiger partial charge in [0.05, 0.1) is 28.8 Å². The third-order valence-electron chi connectivity index (χ3n) is 8.64. The molecule has 0 unspecified atom stereocenters. The zero-order valence-corrected chi connectivity index (χ0v) is 23.9. The van der Waals surface area contributed by atoms with Crippen LogP contribution in [0.3, 0.4) is 0 Å². The molecule has 7 aromatic rings. The van der Waals surface area contributed by atoms with E-state index in [-0.39, 0.29) is 0 Å². The maximum Gasteiger partial charge on any atom is 0.137 e. The van der Waals surface area contributed by atoms with Crippen molar-refractivity contribution in [2.45, 2.75) is 19.8 Å². The fourth-order valence-corrected chi connectivity index (χ4v) is 6.47. The SMILES string of the molecule is C/C=C\c1ccc2ccc(-c3ccc(-c4ncc(-c5ccc6c7c(c8ccccc8c6c5)CCC=C7)[nH]4)cc3)nc2c1N. The summed E-state index contributed by atoms with van der Waals surface area (Å²) in [6, 6.07) is 32.2. The Morgan fingerprint density at radius 2 is 1.58 bits per heavy atom. The minimum Gasteiger partial charge on any atom is -0.396 e. The van der Waals surface area contributed by atoms with Gasteiger partial charge in [0, 0.05) is 22.1 Å². The fourth-order valence-electron chi connectivity index (χ4n) is 6.47. The number of benzene rings is 5. The Hall–Kier alpha value is -5.48. The molecule has 43 heavy (non-hydrogen) atoms. The van der Waals surface area contributed by atoms with E-state index in [1.165, 1.54) is 32.7 Å². The van der Waals surface area contributed by atoms with Crippen molar-refractivity contribution in [2.24, 2.45) is 0 Å². The van der Waals surface area contributed by atoms with Crippen LogP contribution in [0.4, 0.5) is 5.69 Å². The van der Waals surface area contributed by atoms with Crippen LogP contribution in [0.2, 0.25) is 0 Å². The Morgan fingerprint density at radius 1 is 0.791 bits per heavy atom. The topological polar surface area (TPSA) is 67.6 Å². The van der Waals surface area contributed by atoms with Crippen LogP contribution in [-0.2, 0) is 6.42 Å². The number of nitrogens with zero attached hydrogens (tertiary/aromatic N) is 2. The number of nitrogens with two attached hydrogens (primary N) is 1. The van der Waals surface area contributed by atoms with Gasteiger partial charge in [-0.1, -0.05) is 103 Å². The second-order valence-corrected chi connectivity index (χ2v) is 11.2. The van der Waals surface area contributed by atoms with Crippen molar-refractivity contribution in [1.29, 1.82) is 0 Å². The lowest BCUT2D eigenvalue weighted by atomic mass is 9.86. The first-order valence-electron chi connectivity index (χ1n) is 14.8. The third kappa shape index (κ3) is 4.22. The maximum atomic E-state index is 6.46. The van der Waals surface area contributed by atoms with Crippen molar-refractivity contribution >= 4 is 50.3 Å². The number of fused-ring (bicyclic) bond motifs is 7. The van der Waals surface area contributed by atoms with Gasteiger partial charge in [0.15, 0.2) is 0 Å². The molecule has 0 saturated heterocycles. The molecular weight excluding hydrogens is 524 g/mol. The number of rotatable bonds is 4. The van der Waals surface area contributed by atoms with Crippen molar-refractivity contribution in [3.8, 4) is 33.9 Å². The first kappa shape index (κ1) is 25.2. The highest BCUT2D eigenvalue weighted by molar-refractivity contribution is 6.14. The molecule has 0 aliphatic heterocycles. The van der Waals surface area contributed by atoms with Crippen molar-refractivity contribution < 1.29 is 0 Å². The van der Waals surface area contributed by atoms with Gasteiger partial charge in [-0.3, -0.25) is 0 Å². The molecule has 0 amide bonds. The number of hydrogen-bond acceptors (Lipinski definition) is 3. The molecule has 0 spiro atoms. The molecule has 4 nitrogen and oxygen atoms in total. The summed E-state index contributed by atoms with van der Waals surface area (Å²) in [5.74, 6) is 0.839. The maximum absolute atomic E-state index is 6.46. The average molecular weight is 555 g/mol. The van der Waals surface area contributed by atoms with Gasteiger partial charge in [-0.05, 0) is 70.1 Å². The van der Waals surface area contributed by atoms with E-state index in [0.29, 0.717) is 5.69 Å². The number of H-pyrrole nitrogens is 1. The molecule has 1 aliphatic rings. The summed E-state index contributed by atoms with van der Waals surface area (Å²) < 4.78 is 0. The second-order valence-electron chi connectivity index (χ2n) is 11.2. The molecule has 206 valence electrons. The van der Waals surface area contributed by atoms with Crippen LogP contribution in [0.25, 0.3) is 78.5 Å². The normalized spacial score (nSPS) is 13.0. The summed E-state index contributed by atoms with van der Waals surface area (Å²) in [5.41, 5.74) is 16.9. The monoisotopic (exact) mass is 554 g/mol. The van der Waals surface area contributed by atoms with Gasteiger partial charge in [-0.2, -0.15) is 0 Å².